The first-order chi connectivity index (χ1) is 9.09. The Labute approximate surface area is 124 Å². The molecule has 0 saturated carbocycles. The highest BCUT2D eigenvalue weighted by Gasteiger charge is 2.25. The summed E-state index contributed by atoms with van der Waals surface area (Å²) in [6.45, 7) is 13.5. The first-order valence-electron chi connectivity index (χ1n) is 6.73. The molecule has 0 atom stereocenters. The van der Waals surface area contributed by atoms with Crippen LogP contribution in [0.1, 0.15) is 57.9 Å². The lowest BCUT2D eigenvalue weighted by atomic mass is 9.92. The molecular weight excluding hydrogens is 270 g/mol. The largest absolute Gasteiger partial charge is 0.381 e. The summed E-state index contributed by atoms with van der Waals surface area (Å²) in [6.07, 6.45) is 0. The molecule has 0 spiro atoms. The summed E-state index contributed by atoms with van der Waals surface area (Å²) in [6, 6.07) is 0. The van der Waals surface area contributed by atoms with E-state index in [1.165, 1.54) is 0 Å². The standard InChI is InChI=1S/C14H23N5S/c1-13(2,3)9-8-20-10(16-9)7-19-11(14(4,5)6)12(15)17-18-19/h8H,7,15H2,1-6H3. The van der Waals surface area contributed by atoms with Crippen molar-refractivity contribution in [2.24, 2.45) is 0 Å². The number of anilines is 1. The lowest BCUT2D eigenvalue weighted by Gasteiger charge is -2.19. The Bertz CT molecular complexity index is 598. The van der Waals surface area contributed by atoms with Crippen LogP contribution in [0.15, 0.2) is 5.38 Å². The van der Waals surface area contributed by atoms with Gasteiger partial charge in [0.05, 0.1) is 17.9 Å². The van der Waals surface area contributed by atoms with Crippen molar-refractivity contribution in [2.45, 2.75) is 58.9 Å². The molecule has 2 aromatic rings. The average molecular weight is 293 g/mol. The van der Waals surface area contributed by atoms with E-state index in [9.17, 15) is 0 Å². The number of nitrogen functional groups attached to an aromatic ring is 1. The second-order valence-corrected chi connectivity index (χ2v) is 8.05. The molecule has 0 fully saturated rings. The Balaban J connectivity index is 2.30. The molecule has 6 heteroatoms. The SMILES string of the molecule is CC(C)(C)c1csc(Cn2nnc(N)c2C(C)(C)C)n1. The number of nitrogens with zero attached hydrogens (tertiary/aromatic N) is 4. The van der Waals surface area contributed by atoms with E-state index in [2.05, 4.69) is 57.2 Å². The molecule has 2 rings (SSSR count). The molecule has 0 saturated heterocycles. The molecule has 0 aliphatic heterocycles. The van der Waals surface area contributed by atoms with Gasteiger partial charge in [0.25, 0.3) is 0 Å². The summed E-state index contributed by atoms with van der Waals surface area (Å²) in [4.78, 5) is 4.70. The summed E-state index contributed by atoms with van der Waals surface area (Å²) >= 11 is 1.66. The quantitative estimate of drug-likeness (QED) is 0.924. The van der Waals surface area contributed by atoms with Gasteiger partial charge in [-0.2, -0.15) is 0 Å². The minimum atomic E-state index is -0.0856. The molecule has 110 valence electrons. The van der Waals surface area contributed by atoms with Crippen molar-refractivity contribution in [3.63, 3.8) is 0 Å². The highest BCUT2D eigenvalue weighted by atomic mass is 32.1. The van der Waals surface area contributed by atoms with Gasteiger partial charge in [-0.1, -0.05) is 46.8 Å². The van der Waals surface area contributed by atoms with E-state index in [1.54, 1.807) is 11.3 Å². The predicted octanol–water partition coefficient (Wildman–Crippen LogP) is 2.96. The van der Waals surface area contributed by atoms with Gasteiger partial charge in [0.1, 0.15) is 5.01 Å². The van der Waals surface area contributed by atoms with Crippen LogP contribution < -0.4 is 5.73 Å². The summed E-state index contributed by atoms with van der Waals surface area (Å²) in [5.74, 6) is 0.505. The van der Waals surface area contributed by atoms with Gasteiger partial charge in [0.2, 0.25) is 0 Å². The summed E-state index contributed by atoms with van der Waals surface area (Å²) < 4.78 is 1.86. The maximum atomic E-state index is 5.94. The molecule has 20 heavy (non-hydrogen) atoms. The smallest absolute Gasteiger partial charge is 0.169 e. The molecule has 2 N–H and O–H groups in total. The first kappa shape index (κ1) is 15.0. The van der Waals surface area contributed by atoms with Gasteiger partial charge in [-0.15, -0.1) is 16.4 Å². The summed E-state index contributed by atoms with van der Waals surface area (Å²) in [5, 5.41) is 11.3. The second-order valence-electron chi connectivity index (χ2n) is 7.11. The van der Waals surface area contributed by atoms with Gasteiger partial charge < -0.3 is 5.73 Å². The molecule has 5 nitrogen and oxygen atoms in total. The fraction of sp³-hybridized carbons (Fsp3) is 0.643. The summed E-state index contributed by atoms with van der Waals surface area (Å²) in [5.41, 5.74) is 8.01. The molecule has 0 amide bonds. The molecule has 0 bridgehead atoms. The third kappa shape index (κ3) is 3.00. The minimum absolute atomic E-state index is 0.0724. The van der Waals surface area contributed by atoms with E-state index in [4.69, 9.17) is 10.7 Å². The van der Waals surface area contributed by atoms with Crippen LogP contribution in [0.3, 0.4) is 0 Å². The highest BCUT2D eigenvalue weighted by molar-refractivity contribution is 7.09. The third-order valence-corrected chi connectivity index (χ3v) is 3.91. The Morgan fingerprint density at radius 2 is 1.80 bits per heavy atom. The number of thiazole rings is 1. The normalized spacial score (nSPS) is 12.9. The van der Waals surface area contributed by atoms with E-state index in [0.717, 1.165) is 16.4 Å². The first-order valence-corrected chi connectivity index (χ1v) is 7.61. The van der Waals surface area contributed by atoms with E-state index in [-0.39, 0.29) is 10.8 Å². The van der Waals surface area contributed by atoms with E-state index < -0.39 is 0 Å². The fourth-order valence-electron chi connectivity index (χ4n) is 2.06. The van der Waals surface area contributed by atoms with Crippen molar-refractivity contribution in [3.8, 4) is 0 Å². The van der Waals surface area contributed by atoms with Crippen LogP contribution in [0.4, 0.5) is 5.82 Å². The van der Waals surface area contributed by atoms with E-state index in [1.807, 2.05) is 4.68 Å². The predicted molar refractivity (Wildman–Crippen MR) is 83.1 cm³/mol. The lowest BCUT2D eigenvalue weighted by Crippen LogP contribution is -2.20. The number of hydrogen-bond donors (Lipinski definition) is 1. The summed E-state index contributed by atoms with van der Waals surface area (Å²) in [7, 11) is 0. The lowest BCUT2D eigenvalue weighted by molar-refractivity contribution is 0.500. The number of rotatable bonds is 2. The van der Waals surface area contributed by atoms with Gasteiger partial charge >= 0.3 is 0 Å². The number of hydrogen-bond acceptors (Lipinski definition) is 5. The molecule has 0 aliphatic carbocycles. The van der Waals surface area contributed by atoms with Crippen molar-refractivity contribution in [2.75, 3.05) is 5.73 Å². The van der Waals surface area contributed by atoms with Crippen molar-refractivity contribution >= 4 is 17.2 Å². The van der Waals surface area contributed by atoms with E-state index >= 15 is 0 Å². The zero-order valence-corrected chi connectivity index (χ0v) is 13.9. The molecule has 0 radical (unpaired) electrons. The van der Waals surface area contributed by atoms with Crippen molar-refractivity contribution in [3.05, 3.63) is 21.8 Å². The maximum Gasteiger partial charge on any atom is 0.169 e. The van der Waals surface area contributed by atoms with Crippen molar-refractivity contribution in [1.29, 1.82) is 0 Å². The zero-order valence-electron chi connectivity index (χ0n) is 13.1. The second kappa shape index (κ2) is 4.84. The molecular formula is C14H23N5S. The van der Waals surface area contributed by atoms with Gasteiger partial charge in [0.15, 0.2) is 5.82 Å². The Morgan fingerprint density at radius 3 is 2.30 bits per heavy atom. The topological polar surface area (TPSA) is 69.6 Å². The van der Waals surface area contributed by atoms with Crippen molar-refractivity contribution in [1.82, 2.24) is 20.0 Å². The van der Waals surface area contributed by atoms with Gasteiger partial charge in [-0.3, -0.25) is 0 Å². The van der Waals surface area contributed by atoms with Crippen molar-refractivity contribution < 1.29 is 0 Å². The monoisotopic (exact) mass is 293 g/mol. The van der Waals surface area contributed by atoms with Crippen LogP contribution in [0, 0.1) is 0 Å². The molecule has 0 unspecified atom stereocenters. The zero-order chi connectivity index (χ0) is 15.1. The molecule has 0 aromatic carbocycles. The van der Waals surface area contributed by atoms with Crippen LogP contribution in [-0.4, -0.2) is 20.0 Å². The Kier molecular flexibility index (Phi) is 3.62. The number of nitrogens with two attached hydrogens (primary N) is 1. The average Bonchev–Trinajstić information content (AvgIpc) is 2.84. The van der Waals surface area contributed by atoms with Crippen LogP contribution in [-0.2, 0) is 17.4 Å². The molecule has 0 aliphatic rings. The molecule has 2 aromatic heterocycles. The van der Waals surface area contributed by atoms with Crippen LogP contribution in [0.25, 0.3) is 0 Å². The van der Waals surface area contributed by atoms with Crippen LogP contribution in [0.5, 0.6) is 0 Å². The van der Waals surface area contributed by atoms with E-state index in [0.29, 0.717) is 12.4 Å². The number of aromatic nitrogens is 4. The van der Waals surface area contributed by atoms with Gasteiger partial charge in [-0.25, -0.2) is 9.67 Å². The van der Waals surface area contributed by atoms with Crippen LogP contribution in [0.2, 0.25) is 0 Å². The van der Waals surface area contributed by atoms with Gasteiger partial charge in [-0.05, 0) is 0 Å². The highest BCUT2D eigenvalue weighted by Crippen LogP contribution is 2.28. The Morgan fingerprint density at radius 1 is 1.15 bits per heavy atom. The third-order valence-electron chi connectivity index (χ3n) is 3.08. The minimum Gasteiger partial charge on any atom is -0.381 e. The Hall–Kier alpha value is -1.43. The van der Waals surface area contributed by atoms with Gasteiger partial charge in [0, 0.05) is 16.2 Å². The maximum absolute atomic E-state index is 5.94. The van der Waals surface area contributed by atoms with Crippen LogP contribution >= 0.6 is 11.3 Å². The molecule has 2 heterocycles. The fourth-order valence-corrected chi connectivity index (χ4v) is 3.07.